The highest BCUT2D eigenvalue weighted by Crippen LogP contribution is 2.35. The van der Waals surface area contributed by atoms with Crippen LogP contribution in [-0.4, -0.2) is 6.04 Å². The van der Waals surface area contributed by atoms with Gasteiger partial charge in [0.15, 0.2) is 0 Å². The van der Waals surface area contributed by atoms with Crippen molar-refractivity contribution in [1.29, 1.82) is 0 Å². The van der Waals surface area contributed by atoms with Crippen molar-refractivity contribution in [2.24, 2.45) is 17.6 Å². The predicted molar refractivity (Wildman–Crippen MR) is 88.5 cm³/mol. The molecule has 112 valence electrons. The van der Waals surface area contributed by atoms with E-state index in [-0.39, 0.29) is 6.04 Å². The normalized spacial score (nSPS) is 24.6. The fourth-order valence-corrected chi connectivity index (χ4v) is 3.99. The van der Waals surface area contributed by atoms with Crippen molar-refractivity contribution in [2.75, 3.05) is 0 Å². The van der Waals surface area contributed by atoms with Crippen molar-refractivity contribution in [3.05, 3.63) is 33.8 Å². The minimum absolute atomic E-state index is 0.176. The number of rotatable bonds is 5. The molecule has 1 aromatic rings. The summed E-state index contributed by atoms with van der Waals surface area (Å²) in [5.41, 5.74) is 7.43. The van der Waals surface area contributed by atoms with Crippen LogP contribution in [0.3, 0.4) is 0 Å². The van der Waals surface area contributed by atoms with Gasteiger partial charge in [0, 0.05) is 16.1 Å². The van der Waals surface area contributed by atoms with Gasteiger partial charge >= 0.3 is 0 Å². The minimum Gasteiger partial charge on any atom is -0.327 e. The standard InChI is InChI=1S/C17H25Cl2N/c1-2-4-12-7-9-13(10-8-12)17(20)11-14-15(18)5-3-6-16(14)19/h3,5-6,12-13,17H,2,4,7-11,20H2,1H3. The molecule has 1 nitrogen and oxygen atoms in total. The summed E-state index contributed by atoms with van der Waals surface area (Å²) in [6.45, 7) is 2.28. The van der Waals surface area contributed by atoms with Crippen LogP contribution in [-0.2, 0) is 6.42 Å². The van der Waals surface area contributed by atoms with Crippen LogP contribution < -0.4 is 5.73 Å². The van der Waals surface area contributed by atoms with Crippen LogP contribution in [0.5, 0.6) is 0 Å². The quantitative estimate of drug-likeness (QED) is 0.766. The number of hydrogen-bond acceptors (Lipinski definition) is 1. The van der Waals surface area contributed by atoms with Crippen molar-refractivity contribution in [2.45, 2.75) is 57.9 Å². The van der Waals surface area contributed by atoms with E-state index in [4.69, 9.17) is 28.9 Å². The summed E-state index contributed by atoms with van der Waals surface area (Å²) in [7, 11) is 0. The molecule has 3 heteroatoms. The lowest BCUT2D eigenvalue weighted by Crippen LogP contribution is -2.35. The maximum atomic E-state index is 6.42. The molecule has 0 radical (unpaired) electrons. The van der Waals surface area contributed by atoms with E-state index < -0.39 is 0 Å². The Bertz CT molecular complexity index is 405. The zero-order valence-electron chi connectivity index (χ0n) is 12.2. The molecule has 1 aliphatic rings. The SMILES string of the molecule is CCCC1CCC(C(N)Cc2c(Cl)cccc2Cl)CC1. The highest BCUT2D eigenvalue weighted by Gasteiger charge is 2.26. The summed E-state index contributed by atoms with van der Waals surface area (Å²) in [5, 5.41) is 1.49. The molecule has 1 aliphatic carbocycles. The van der Waals surface area contributed by atoms with E-state index in [1.807, 2.05) is 18.2 Å². The van der Waals surface area contributed by atoms with Gasteiger partial charge in [0.2, 0.25) is 0 Å². The molecule has 0 aliphatic heterocycles. The summed E-state index contributed by atoms with van der Waals surface area (Å²) in [5.74, 6) is 1.54. The molecule has 1 unspecified atom stereocenters. The van der Waals surface area contributed by atoms with Gasteiger partial charge in [-0.05, 0) is 48.8 Å². The van der Waals surface area contributed by atoms with E-state index in [1.54, 1.807) is 0 Å². The Hall–Kier alpha value is -0.240. The Morgan fingerprint density at radius 1 is 1.15 bits per heavy atom. The molecular formula is C17H25Cl2N. The fraction of sp³-hybridized carbons (Fsp3) is 0.647. The maximum Gasteiger partial charge on any atom is 0.0453 e. The maximum absolute atomic E-state index is 6.42. The first-order valence-electron chi connectivity index (χ1n) is 7.80. The molecule has 1 aromatic carbocycles. The van der Waals surface area contributed by atoms with Crippen molar-refractivity contribution in [1.82, 2.24) is 0 Å². The van der Waals surface area contributed by atoms with Gasteiger partial charge in [-0.1, -0.05) is 61.9 Å². The Labute approximate surface area is 132 Å². The zero-order chi connectivity index (χ0) is 14.5. The molecule has 2 rings (SSSR count). The second-order valence-corrected chi connectivity index (χ2v) is 6.95. The van der Waals surface area contributed by atoms with Crippen LogP contribution in [0, 0.1) is 11.8 Å². The molecule has 0 heterocycles. The first-order chi connectivity index (χ1) is 9.61. The number of nitrogens with two attached hydrogens (primary N) is 1. The summed E-state index contributed by atoms with van der Waals surface area (Å²) in [4.78, 5) is 0. The second kappa shape index (κ2) is 7.68. The molecule has 20 heavy (non-hydrogen) atoms. The van der Waals surface area contributed by atoms with Crippen molar-refractivity contribution < 1.29 is 0 Å². The number of halogens is 2. The molecule has 1 fully saturated rings. The van der Waals surface area contributed by atoms with E-state index in [2.05, 4.69) is 6.92 Å². The first-order valence-corrected chi connectivity index (χ1v) is 8.55. The zero-order valence-corrected chi connectivity index (χ0v) is 13.8. The van der Waals surface area contributed by atoms with E-state index in [9.17, 15) is 0 Å². The molecule has 1 atom stereocenters. The van der Waals surface area contributed by atoms with Crippen molar-refractivity contribution in [3.8, 4) is 0 Å². The average Bonchev–Trinajstić information content (AvgIpc) is 2.44. The Morgan fingerprint density at radius 2 is 1.75 bits per heavy atom. The van der Waals surface area contributed by atoms with Gasteiger partial charge in [0.25, 0.3) is 0 Å². The van der Waals surface area contributed by atoms with E-state index >= 15 is 0 Å². The molecule has 1 saturated carbocycles. The third-order valence-electron chi connectivity index (χ3n) is 4.70. The van der Waals surface area contributed by atoms with Gasteiger partial charge < -0.3 is 5.73 Å². The Balaban J connectivity index is 1.91. The smallest absolute Gasteiger partial charge is 0.0453 e. The third-order valence-corrected chi connectivity index (χ3v) is 5.40. The van der Waals surface area contributed by atoms with Gasteiger partial charge in [-0.2, -0.15) is 0 Å². The van der Waals surface area contributed by atoms with Crippen LogP contribution in [0.4, 0.5) is 0 Å². The van der Waals surface area contributed by atoms with Gasteiger partial charge in [-0.3, -0.25) is 0 Å². The van der Waals surface area contributed by atoms with Gasteiger partial charge in [-0.25, -0.2) is 0 Å². The van der Waals surface area contributed by atoms with E-state index in [0.717, 1.165) is 27.9 Å². The van der Waals surface area contributed by atoms with Gasteiger partial charge in [0.1, 0.15) is 0 Å². The molecule has 0 amide bonds. The largest absolute Gasteiger partial charge is 0.327 e. The van der Waals surface area contributed by atoms with Crippen LogP contribution >= 0.6 is 23.2 Å². The van der Waals surface area contributed by atoms with Gasteiger partial charge in [0.05, 0.1) is 0 Å². The molecule has 0 bridgehead atoms. The van der Waals surface area contributed by atoms with Crippen LogP contribution in [0.25, 0.3) is 0 Å². The van der Waals surface area contributed by atoms with Crippen LogP contribution in [0.2, 0.25) is 10.0 Å². The lowest BCUT2D eigenvalue weighted by atomic mass is 9.76. The average molecular weight is 314 g/mol. The fourth-order valence-electron chi connectivity index (χ4n) is 3.44. The summed E-state index contributed by atoms with van der Waals surface area (Å²) in [6, 6.07) is 5.85. The summed E-state index contributed by atoms with van der Waals surface area (Å²) < 4.78 is 0. The number of benzene rings is 1. The lowest BCUT2D eigenvalue weighted by molar-refractivity contribution is 0.232. The third kappa shape index (κ3) is 4.13. The van der Waals surface area contributed by atoms with Crippen molar-refractivity contribution >= 4 is 23.2 Å². The number of hydrogen-bond donors (Lipinski definition) is 1. The summed E-state index contributed by atoms with van der Waals surface area (Å²) >= 11 is 12.5. The topological polar surface area (TPSA) is 26.0 Å². The van der Waals surface area contributed by atoms with E-state index in [1.165, 1.54) is 38.5 Å². The lowest BCUT2D eigenvalue weighted by Gasteiger charge is -2.32. The van der Waals surface area contributed by atoms with Gasteiger partial charge in [-0.15, -0.1) is 0 Å². The molecule has 2 N–H and O–H groups in total. The molecule has 0 saturated heterocycles. The summed E-state index contributed by atoms with van der Waals surface area (Å²) in [6.07, 6.45) is 8.66. The Kier molecular flexibility index (Phi) is 6.20. The highest BCUT2D eigenvalue weighted by molar-refractivity contribution is 6.36. The highest BCUT2D eigenvalue weighted by atomic mass is 35.5. The first kappa shape index (κ1) is 16.1. The van der Waals surface area contributed by atoms with Crippen LogP contribution in [0.1, 0.15) is 51.0 Å². The molecular weight excluding hydrogens is 289 g/mol. The predicted octanol–water partition coefficient (Wildman–Crippen LogP) is 5.47. The van der Waals surface area contributed by atoms with Crippen LogP contribution in [0.15, 0.2) is 18.2 Å². The monoisotopic (exact) mass is 313 g/mol. The van der Waals surface area contributed by atoms with Crippen molar-refractivity contribution in [3.63, 3.8) is 0 Å². The second-order valence-electron chi connectivity index (χ2n) is 6.14. The Morgan fingerprint density at radius 3 is 2.30 bits per heavy atom. The minimum atomic E-state index is 0.176. The van der Waals surface area contributed by atoms with E-state index in [0.29, 0.717) is 5.92 Å². The molecule has 0 spiro atoms. The molecule has 0 aromatic heterocycles.